The van der Waals surface area contributed by atoms with Crippen molar-refractivity contribution in [3.8, 4) is 0 Å². The average molecular weight is 291 g/mol. The first-order valence-electron chi connectivity index (χ1n) is 7.07. The SMILES string of the molecule is NC(=S)c1ccc(NC(=O)CN2CCCCCC2)cc1. The van der Waals surface area contributed by atoms with Crippen LogP contribution in [0.15, 0.2) is 24.3 Å². The average Bonchev–Trinajstić information content (AvgIpc) is 2.68. The maximum Gasteiger partial charge on any atom is 0.238 e. The molecule has 1 aromatic carbocycles. The summed E-state index contributed by atoms with van der Waals surface area (Å²) in [7, 11) is 0. The van der Waals surface area contributed by atoms with Crippen molar-refractivity contribution in [1.82, 2.24) is 4.90 Å². The topological polar surface area (TPSA) is 58.4 Å². The number of carbonyl (C=O) groups is 1. The van der Waals surface area contributed by atoms with E-state index < -0.39 is 0 Å². The number of nitrogens with two attached hydrogens (primary N) is 1. The quantitative estimate of drug-likeness (QED) is 0.835. The molecule has 0 aromatic heterocycles. The molecule has 5 heteroatoms. The highest BCUT2D eigenvalue weighted by atomic mass is 32.1. The van der Waals surface area contributed by atoms with Crippen LogP contribution in [-0.4, -0.2) is 35.4 Å². The van der Waals surface area contributed by atoms with Crippen molar-refractivity contribution in [2.24, 2.45) is 5.73 Å². The van der Waals surface area contributed by atoms with Crippen LogP contribution in [0.5, 0.6) is 0 Å². The van der Waals surface area contributed by atoms with Crippen molar-refractivity contribution in [2.75, 3.05) is 25.0 Å². The van der Waals surface area contributed by atoms with Gasteiger partial charge in [0.15, 0.2) is 0 Å². The number of carbonyl (C=O) groups excluding carboxylic acids is 1. The van der Waals surface area contributed by atoms with Crippen molar-refractivity contribution in [1.29, 1.82) is 0 Å². The van der Waals surface area contributed by atoms with E-state index in [-0.39, 0.29) is 5.91 Å². The van der Waals surface area contributed by atoms with Gasteiger partial charge in [-0.2, -0.15) is 0 Å². The number of hydrogen-bond acceptors (Lipinski definition) is 3. The molecule has 1 heterocycles. The predicted octanol–water partition coefficient (Wildman–Crippen LogP) is 2.14. The highest BCUT2D eigenvalue weighted by Gasteiger charge is 2.12. The second-order valence-corrected chi connectivity index (χ2v) is 5.62. The van der Waals surface area contributed by atoms with Crippen LogP contribution in [0.2, 0.25) is 0 Å². The van der Waals surface area contributed by atoms with Crippen LogP contribution < -0.4 is 11.1 Å². The second kappa shape index (κ2) is 7.36. The summed E-state index contributed by atoms with van der Waals surface area (Å²) in [6.45, 7) is 2.51. The molecule has 4 nitrogen and oxygen atoms in total. The molecule has 1 aliphatic rings. The van der Waals surface area contributed by atoms with Gasteiger partial charge in [0.25, 0.3) is 0 Å². The molecule has 0 unspecified atom stereocenters. The lowest BCUT2D eigenvalue weighted by Gasteiger charge is -2.19. The Morgan fingerprint density at radius 1 is 1.15 bits per heavy atom. The van der Waals surface area contributed by atoms with Crippen molar-refractivity contribution >= 4 is 28.8 Å². The first-order valence-corrected chi connectivity index (χ1v) is 7.48. The van der Waals surface area contributed by atoms with Crippen LogP contribution in [0.3, 0.4) is 0 Å². The maximum absolute atomic E-state index is 12.0. The molecular formula is C15H21N3OS. The fourth-order valence-corrected chi connectivity index (χ4v) is 2.55. The van der Waals surface area contributed by atoms with E-state index in [4.69, 9.17) is 18.0 Å². The summed E-state index contributed by atoms with van der Waals surface area (Å²) < 4.78 is 0. The van der Waals surface area contributed by atoms with Gasteiger partial charge >= 0.3 is 0 Å². The summed E-state index contributed by atoms with van der Waals surface area (Å²) in [4.78, 5) is 14.6. The van der Waals surface area contributed by atoms with Crippen LogP contribution in [-0.2, 0) is 4.79 Å². The zero-order valence-electron chi connectivity index (χ0n) is 11.6. The van der Waals surface area contributed by atoms with Gasteiger partial charge in [-0.05, 0) is 50.2 Å². The van der Waals surface area contributed by atoms with Crippen LogP contribution in [0.4, 0.5) is 5.69 Å². The van der Waals surface area contributed by atoms with E-state index in [1.807, 2.05) is 24.3 Å². The van der Waals surface area contributed by atoms with Gasteiger partial charge in [-0.25, -0.2) is 0 Å². The number of likely N-dealkylation sites (tertiary alicyclic amines) is 1. The number of hydrogen-bond donors (Lipinski definition) is 2. The number of nitrogens with zero attached hydrogens (tertiary/aromatic N) is 1. The fourth-order valence-electron chi connectivity index (χ4n) is 2.42. The lowest BCUT2D eigenvalue weighted by atomic mass is 10.2. The molecule has 0 atom stereocenters. The van der Waals surface area contributed by atoms with E-state index in [0.29, 0.717) is 11.5 Å². The molecule has 3 N–H and O–H groups in total. The van der Waals surface area contributed by atoms with Gasteiger partial charge in [0.2, 0.25) is 5.91 Å². The summed E-state index contributed by atoms with van der Waals surface area (Å²) in [5.74, 6) is 0.0370. The minimum absolute atomic E-state index is 0.0370. The second-order valence-electron chi connectivity index (χ2n) is 5.18. The third-order valence-electron chi connectivity index (χ3n) is 3.52. The summed E-state index contributed by atoms with van der Waals surface area (Å²) in [5, 5.41) is 2.91. The Morgan fingerprint density at radius 2 is 1.75 bits per heavy atom. The third-order valence-corrected chi connectivity index (χ3v) is 3.75. The minimum atomic E-state index is 0.0370. The van der Waals surface area contributed by atoms with Gasteiger partial charge in [0, 0.05) is 11.3 Å². The summed E-state index contributed by atoms with van der Waals surface area (Å²) in [5.41, 5.74) is 7.13. The van der Waals surface area contributed by atoms with Crippen LogP contribution in [0.1, 0.15) is 31.2 Å². The van der Waals surface area contributed by atoms with Crippen LogP contribution in [0.25, 0.3) is 0 Å². The van der Waals surface area contributed by atoms with E-state index in [2.05, 4.69) is 10.2 Å². The summed E-state index contributed by atoms with van der Waals surface area (Å²) >= 11 is 4.90. The van der Waals surface area contributed by atoms with Crippen molar-refractivity contribution in [2.45, 2.75) is 25.7 Å². The highest BCUT2D eigenvalue weighted by molar-refractivity contribution is 7.80. The van der Waals surface area contributed by atoms with Gasteiger partial charge in [-0.15, -0.1) is 0 Å². The first-order chi connectivity index (χ1) is 9.65. The molecule has 0 aliphatic carbocycles. The first kappa shape index (κ1) is 14.9. The number of rotatable bonds is 4. The van der Waals surface area contributed by atoms with E-state index in [1.54, 1.807) is 0 Å². The molecule has 1 saturated heterocycles. The van der Waals surface area contributed by atoms with Gasteiger partial charge in [-0.3, -0.25) is 9.69 Å². The maximum atomic E-state index is 12.0. The van der Waals surface area contributed by atoms with Crippen LogP contribution in [0, 0.1) is 0 Å². The molecule has 0 saturated carbocycles. The van der Waals surface area contributed by atoms with E-state index in [0.717, 1.165) is 24.3 Å². The standard InChI is InChI=1S/C15H21N3OS/c16-15(20)12-5-7-13(8-6-12)17-14(19)11-18-9-3-1-2-4-10-18/h5-8H,1-4,9-11H2,(H2,16,20)(H,17,19). The molecule has 1 aliphatic heterocycles. The molecule has 0 spiro atoms. The molecule has 0 bridgehead atoms. The molecule has 20 heavy (non-hydrogen) atoms. The summed E-state index contributed by atoms with van der Waals surface area (Å²) in [6, 6.07) is 7.30. The molecular weight excluding hydrogens is 270 g/mol. The molecule has 1 aromatic rings. The zero-order chi connectivity index (χ0) is 14.4. The Hall–Kier alpha value is -1.46. The van der Waals surface area contributed by atoms with E-state index in [1.165, 1.54) is 25.7 Å². The number of anilines is 1. The Kier molecular flexibility index (Phi) is 5.49. The Labute approximate surface area is 125 Å². The van der Waals surface area contributed by atoms with Gasteiger partial charge < -0.3 is 11.1 Å². The Bertz CT molecular complexity index is 465. The molecule has 1 amide bonds. The largest absolute Gasteiger partial charge is 0.389 e. The van der Waals surface area contributed by atoms with Gasteiger partial charge in [0.1, 0.15) is 4.99 Å². The van der Waals surface area contributed by atoms with E-state index >= 15 is 0 Å². The number of amides is 1. The lowest BCUT2D eigenvalue weighted by molar-refractivity contribution is -0.117. The number of nitrogens with one attached hydrogen (secondary N) is 1. The predicted molar refractivity (Wildman–Crippen MR) is 85.9 cm³/mol. The number of benzene rings is 1. The monoisotopic (exact) mass is 291 g/mol. The van der Waals surface area contributed by atoms with E-state index in [9.17, 15) is 4.79 Å². The summed E-state index contributed by atoms with van der Waals surface area (Å²) in [6.07, 6.45) is 4.93. The smallest absolute Gasteiger partial charge is 0.238 e. The minimum Gasteiger partial charge on any atom is -0.389 e. The van der Waals surface area contributed by atoms with Crippen molar-refractivity contribution in [3.63, 3.8) is 0 Å². The molecule has 2 rings (SSSR count). The molecule has 1 fully saturated rings. The normalized spacial score (nSPS) is 16.4. The fraction of sp³-hybridized carbons (Fsp3) is 0.467. The van der Waals surface area contributed by atoms with Gasteiger partial charge in [0.05, 0.1) is 6.54 Å². The number of thiocarbonyl (C=S) groups is 1. The Morgan fingerprint density at radius 3 is 2.30 bits per heavy atom. The van der Waals surface area contributed by atoms with Crippen molar-refractivity contribution < 1.29 is 4.79 Å². The molecule has 0 radical (unpaired) electrons. The van der Waals surface area contributed by atoms with Gasteiger partial charge in [-0.1, -0.05) is 25.1 Å². The molecule has 108 valence electrons. The lowest BCUT2D eigenvalue weighted by Crippen LogP contribution is -2.33. The third kappa shape index (κ3) is 4.58. The Balaban J connectivity index is 1.85. The van der Waals surface area contributed by atoms with Crippen LogP contribution >= 0.6 is 12.2 Å². The zero-order valence-corrected chi connectivity index (χ0v) is 12.4. The highest BCUT2D eigenvalue weighted by Crippen LogP contribution is 2.11. The van der Waals surface area contributed by atoms with Crippen molar-refractivity contribution in [3.05, 3.63) is 29.8 Å².